The predicted octanol–water partition coefficient (Wildman–Crippen LogP) is 2.38. The SMILES string of the molecule is CC(O)(c1ccc2c(c1)OCO2)c1ccccc1O. The number of hydrogen-bond acceptors (Lipinski definition) is 4. The lowest BCUT2D eigenvalue weighted by Gasteiger charge is -2.25. The summed E-state index contributed by atoms with van der Waals surface area (Å²) in [5, 5.41) is 20.6. The summed E-state index contributed by atoms with van der Waals surface area (Å²) >= 11 is 0. The Morgan fingerprint density at radius 2 is 1.79 bits per heavy atom. The van der Waals surface area contributed by atoms with Gasteiger partial charge in [0.15, 0.2) is 11.5 Å². The summed E-state index contributed by atoms with van der Waals surface area (Å²) in [6, 6.07) is 12.0. The van der Waals surface area contributed by atoms with Crippen molar-refractivity contribution in [1.82, 2.24) is 0 Å². The molecule has 0 spiro atoms. The zero-order valence-corrected chi connectivity index (χ0v) is 10.5. The van der Waals surface area contributed by atoms with Gasteiger partial charge in [-0.1, -0.05) is 24.3 Å². The number of aromatic hydroxyl groups is 1. The minimum Gasteiger partial charge on any atom is -0.508 e. The van der Waals surface area contributed by atoms with Gasteiger partial charge in [-0.05, 0) is 30.7 Å². The van der Waals surface area contributed by atoms with Crippen molar-refractivity contribution < 1.29 is 19.7 Å². The molecular weight excluding hydrogens is 244 g/mol. The minimum atomic E-state index is -1.30. The van der Waals surface area contributed by atoms with Crippen LogP contribution < -0.4 is 9.47 Å². The third-order valence-electron chi connectivity index (χ3n) is 3.36. The molecule has 3 rings (SSSR count). The molecule has 4 nitrogen and oxygen atoms in total. The van der Waals surface area contributed by atoms with Crippen LogP contribution in [0.5, 0.6) is 17.2 Å². The zero-order valence-electron chi connectivity index (χ0n) is 10.5. The molecule has 0 saturated carbocycles. The van der Waals surface area contributed by atoms with E-state index in [2.05, 4.69) is 0 Å². The van der Waals surface area contributed by atoms with Crippen LogP contribution in [0.3, 0.4) is 0 Å². The first-order valence-corrected chi connectivity index (χ1v) is 6.00. The molecule has 0 aliphatic carbocycles. The van der Waals surface area contributed by atoms with Crippen LogP contribution in [0.4, 0.5) is 0 Å². The fraction of sp³-hybridized carbons (Fsp3) is 0.200. The van der Waals surface area contributed by atoms with Crippen molar-refractivity contribution in [2.24, 2.45) is 0 Å². The number of ether oxygens (including phenoxy) is 2. The average molecular weight is 258 g/mol. The van der Waals surface area contributed by atoms with Crippen molar-refractivity contribution >= 4 is 0 Å². The predicted molar refractivity (Wildman–Crippen MR) is 69.3 cm³/mol. The van der Waals surface area contributed by atoms with E-state index in [9.17, 15) is 10.2 Å². The molecule has 0 aromatic heterocycles. The lowest BCUT2D eigenvalue weighted by Crippen LogP contribution is -2.22. The van der Waals surface area contributed by atoms with Crippen LogP contribution in [0.1, 0.15) is 18.1 Å². The van der Waals surface area contributed by atoms with Gasteiger partial charge in [0.1, 0.15) is 11.4 Å². The Kier molecular flexibility index (Phi) is 2.61. The molecule has 1 unspecified atom stereocenters. The standard InChI is InChI=1S/C15H14O4/c1-15(17,11-4-2-3-5-12(11)16)10-6-7-13-14(8-10)19-9-18-13/h2-8,16-17H,9H2,1H3. The molecule has 4 heteroatoms. The van der Waals surface area contributed by atoms with E-state index in [4.69, 9.17) is 9.47 Å². The third-order valence-corrected chi connectivity index (χ3v) is 3.36. The number of para-hydroxylation sites is 1. The number of hydrogen-bond donors (Lipinski definition) is 2. The van der Waals surface area contributed by atoms with Gasteiger partial charge in [0.25, 0.3) is 0 Å². The Labute approximate surface area is 110 Å². The summed E-state index contributed by atoms with van der Waals surface area (Å²) in [7, 11) is 0. The largest absolute Gasteiger partial charge is 0.508 e. The number of phenolic OH excluding ortho intramolecular Hbond substituents is 1. The van der Waals surface area contributed by atoms with Crippen molar-refractivity contribution in [1.29, 1.82) is 0 Å². The second kappa shape index (κ2) is 4.17. The van der Waals surface area contributed by atoms with E-state index in [0.29, 0.717) is 22.6 Å². The normalized spacial score (nSPS) is 16.1. The number of phenols is 1. The molecule has 1 heterocycles. The van der Waals surface area contributed by atoms with Gasteiger partial charge >= 0.3 is 0 Å². The van der Waals surface area contributed by atoms with Crippen molar-refractivity contribution in [2.45, 2.75) is 12.5 Å². The van der Waals surface area contributed by atoms with Crippen LogP contribution >= 0.6 is 0 Å². The van der Waals surface area contributed by atoms with E-state index in [1.807, 2.05) is 0 Å². The molecule has 19 heavy (non-hydrogen) atoms. The van der Waals surface area contributed by atoms with Crippen molar-refractivity contribution in [3.63, 3.8) is 0 Å². The van der Waals surface area contributed by atoms with E-state index in [1.54, 1.807) is 49.4 Å². The lowest BCUT2D eigenvalue weighted by atomic mass is 9.87. The Balaban J connectivity index is 2.07. The van der Waals surface area contributed by atoms with Gasteiger partial charge in [-0.2, -0.15) is 0 Å². The van der Waals surface area contributed by atoms with E-state index in [0.717, 1.165) is 0 Å². The third kappa shape index (κ3) is 1.90. The first-order chi connectivity index (χ1) is 9.09. The van der Waals surface area contributed by atoms with E-state index in [-0.39, 0.29) is 12.5 Å². The molecule has 0 bridgehead atoms. The summed E-state index contributed by atoms with van der Waals surface area (Å²) in [5.41, 5.74) is -0.209. The summed E-state index contributed by atoms with van der Waals surface area (Å²) in [5.74, 6) is 1.33. The maximum atomic E-state index is 10.7. The Morgan fingerprint density at radius 1 is 1.05 bits per heavy atom. The zero-order chi connectivity index (χ0) is 13.5. The highest BCUT2D eigenvalue weighted by atomic mass is 16.7. The molecule has 98 valence electrons. The van der Waals surface area contributed by atoms with Gasteiger partial charge in [0.2, 0.25) is 6.79 Å². The van der Waals surface area contributed by atoms with Crippen LogP contribution in [0.25, 0.3) is 0 Å². The molecule has 0 radical (unpaired) electrons. The van der Waals surface area contributed by atoms with Gasteiger partial charge in [-0.15, -0.1) is 0 Å². The maximum Gasteiger partial charge on any atom is 0.231 e. The van der Waals surface area contributed by atoms with Gasteiger partial charge < -0.3 is 19.7 Å². The number of rotatable bonds is 2. The number of benzene rings is 2. The van der Waals surface area contributed by atoms with E-state index < -0.39 is 5.60 Å². The van der Waals surface area contributed by atoms with Crippen molar-refractivity contribution in [3.8, 4) is 17.2 Å². The van der Waals surface area contributed by atoms with E-state index in [1.165, 1.54) is 0 Å². The lowest BCUT2D eigenvalue weighted by molar-refractivity contribution is 0.0988. The molecule has 1 aliphatic heterocycles. The second-order valence-corrected chi connectivity index (χ2v) is 4.66. The average Bonchev–Trinajstić information content (AvgIpc) is 2.86. The molecule has 0 fully saturated rings. The monoisotopic (exact) mass is 258 g/mol. The van der Waals surface area contributed by atoms with E-state index >= 15 is 0 Å². The summed E-state index contributed by atoms with van der Waals surface area (Å²) < 4.78 is 10.5. The van der Waals surface area contributed by atoms with Crippen molar-refractivity contribution in [3.05, 3.63) is 53.6 Å². The topological polar surface area (TPSA) is 58.9 Å². The van der Waals surface area contributed by atoms with Crippen LogP contribution in [0, 0.1) is 0 Å². The highest BCUT2D eigenvalue weighted by molar-refractivity contribution is 5.50. The van der Waals surface area contributed by atoms with Crippen LogP contribution in [0.15, 0.2) is 42.5 Å². The first kappa shape index (κ1) is 11.9. The molecule has 2 aromatic rings. The van der Waals surface area contributed by atoms with Crippen LogP contribution in [-0.2, 0) is 5.60 Å². The quantitative estimate of drug-likeness (QED) is 0.868. The molecule has 0 saturated heterocycles. The molecule has 0 amide bonds. The summed E-state index contributed by atoms with van der Waals surface area (Å²) in [6.07, 6.45) is 0. The van der Waals surface area contributed by atoms with Crippen molar-refractivity contribution in [2.75, 3.05) is 6.79 Å². The van der Waals surface area contributed by atoms with Gasteiger partial charge in [0.05, 0.1) is 0 Å². The first-order valence-electron chi connectivity index (χ1n) is 6.00. The molecule has 1 atom stereocenters. The Bertz CT molecular complexity index is 619. The van der Waals surface area contributed by atoms with Gasteiger partial charge in [-0.3, -0.25) is 0 Å². The van der Waals surface area contributed by atoms with Gasteiger partial charge in [0, 0.05) is 5.56 Å². The second-order valence-electron chi connectivity index (χ2n) is 4.66. The highest BCUT2D eigenvalue weighted by Crippen LogP contribution is 2.40. The number of fused-ring (bicyclic) bond motifs is 1. The smallest absolute Gasteiger partial charge is 0.231 e. The maximum absolute atomic E-state index is 10.7. The summed E-state index contributed by atoms with van der Waals surface area (Å²) in [4.78, 5) is 0. The molecule has 2 aromatic carbocycles. The Morgan fingerprint density at radius 3 is 2.58 bits per heavy atom. The molecule has 2 N–H and O–H groups in total. The fourth-order valence-corrected chi connectivity index (χ4v) is 2.24. The molecule has 1 aliphatic rings. The summed E-state index contributed by atoms with van der Waals surface area (Å²) in [6.45, 7) is 1.83. The fourth-order valence-electron chi connectivity index (χ4n) is 2.24. The minimum absolute atomic E-state index is 0.0603. The van der Waals surface area contributed by atoms with Crippen LogP contribution in [0.2, 0.25) is 0 Å². The Hall–Kier alpha value is -2.20. The number of aliphatic hydroxyl groups is 1. The van der Waals surface area contributed by atoms with Gasteiger partial charge in [-0.25, -0.2) is 0 Å². The highest BCUT2D eigenvalue weighted by Gasteiger charge is 2.30. The van der Waals surface area contributed by atoms with Crippen LogP contribution in [-0.4, -0.2) is 17.0 Å². The molecular formula is C15H14O4.